The largest absolute Gasteiger partial charge is 0.246 e. The van der Waals surface area contributed by atoms with Crippen LogP contribution in [-0.2, 0) is 10.0 Å². The molecule has 2 heterocycles. The van der Waals surface area contributed by atoms with Gasteiger partial charge in [-0.05, 0) is 30.4 Å². The third kappa shape index (κ3) is 2.18. The van der Waals surface area contributed by atoms with Gasteiger partial charge >= 0.3 is 0 Å². The number of aromatic nitrogens is 2. The van der Waals surface area contributed by atoms with Gasteiger partial charge in [-0.2, -0.15) is 9.40 Å². The fourth-order valence-corrected chi connectivity index (χ4v) is 5.22. The molecular formula is C16H19N3O2S. The van der Waals surface area contributed by atoms with E-state index in [2.05, 4.69) is 5.10 Å². The van der Waals surface area contributed by atoms with E-state index in [0.717, 1.165) is 5.69 Å². The van der Waals surface area contributed by atoms with Crippen molar-refractivity contribution in [1.29, 1.82) is 0 Å². The van der Waals surface area contributed by atoms with Gasteiger partial charge < -0.3 is 0 Å². The van der Waals surface area contributed by atoms with Crippen molar-refractivity contribution in [3.8, 4) is 5.69 Å². The minimum absolute atomic E-state index is 0.266. The first kappa shape index (κ1) is 14.0. The SMILES string of the molecule is O=S(=O)(c1cnn(-c2ccccc2)c1)N1CC2(CCCC2)C1. The number of hydrogen-bond acceptors (Lipinski definition) is 3. The Morgan fingerprint density at radius 2 is 1.73 bits per heavy atom. The molecule has 1 aromatic heterocycles. The van der Waals surface area contributed by atoms with Crippen LogP contribution in [0.1, 0.15) is 25.7 Å². The Morgan fingerprint density at radius 1 is 1.05 bits per heavy atom. The zero-order valence-electron chi connectivity index (χ0n) is 12.4. The first-order chi connectivity index (χ1) is 10.6. The highest BCUT2D eigenvalue weighted by Crippen LogP contribution is 2.47. The monoisotopic (exact) mass is 317 g/mol. The summed E-state index contributed by atoms with van der Waals surface area (Å²) in [4.78, 5) is 0.282. The van der Waals surface area contributed by atoms with Crippen molar-refractivity contribution >= 4 is 10.0 Å². The molecule has 5 nitrogen and oxygen atoms in total. The maximum atomic E-state index is 12.7. The van der Waals surface area contributed by atoms with E-state index in [-0.39, 0.29) is 10.3 Å². The van der Waals surface area contributed by atoms with Crippen LogP contribution in [-0.4, -0.2) is 35.6 Å². The predicted molar refractivity (Wildman–Crippen MR) is 83.2 cm³/mol. The van der Waals surface area contributed by atoms with Crippen LogP contribution in [0.5, 0.6) is 0 Å². The van der Waals surface area contributed by atoms with Crippen molar-refractivity contribution in [2.75, 3.05) is 13.1 Å². The fraction of sp³-hybridized carbons (Fsp3) is 0.438. The van der Waals surface area contributed by atoms with Gasteiger partial charge in [0.2, 0.25) is 10.0 Å². The van der Waals surface area contributed by atoms with Gasteiger partial charge in [-0.25, -0.2) is 13.1 Å². The fourth-order valence-electron chi connectivity index (χ4n) is 3.62. The second-order valence-electron chi connectivity index (χ2n) is 6.44. The molecule has 1 aliphatic carbocycles. The second-order valence-corrected chi connectivity index (χ2v) is 8.37. The van der Waals surface area contributed by atoms with Gasteiger partial charge in [-0.1, -0.05) is 31.0 Å². The van der Waals surface area contributed by atoms with Crippen LogP contribution in [0.4, 0.5) is 0 Å². The Labute approximate surface area is 130 Å². The minimum atomic E-state index is -3.40. The lowest BCUT2D eigenvalue weighted by molar-refractivity contribution is 0.0777. The highest BCUT2D eigenvalue weighted by molar-refractivity contribution is 7.89. The Kier molecular flexibility index (Phi) is 3.13. The van der Waals surface area contributed by atoms with Crippen LogP contribution in [0.3, 0.4) is 0 Å². The van der Waals surface area contributed by atoms with E-state index >= 15 is 0 Å². The van der Waals surface area contributed by atoms with Crippen molar-refractivity contribution in [2.45, 2.75) is 30.6 Å². The van der Waals surface area contributed by atoms with Gasteiger partial charge in [0.25, 0.3) is 0 Å². The van der Waals surface area contributed by atoms with Gasteiger partial charge in [-0.15, -0.1) is 0 Å². The van der Waals surface area contributed by atoms with Crippen molar-refractivity contribution in [3.63, 3.8) is 0 Å². The molecule has 4 rings (SSSR count). The molecule has 1 saturated carbocycles. The van der Waals surface area contributed by atoms with Crippen LogP contribution in [0.25, 0.3) is 5.69 Å². The zero-order valence-corrected chi connectivity index (χ0v) is 13.2. The number of benzene rings is 1. The smallest absolute Gasteiger partial charge is 0.240 e. The first-order valence-corrected chi connectivity index (χ1v) is 9.13. The molecule has 2 fully saturated rings. The Hall–Kier alpha value is -1.66. The van der Waals surface area contributed by atoms with E-state index in [9.17, 15) is 8.42 Å². The van der Waals surface area contributed by atoms with Crippen LogP contribution in [0, 0.1) is 5.41 Å². The minimum Gasteiger partial charge on any atom is -0.240 e. The summed E-state index contributed by atoms with van der Waals surface area (Å²) in [6, 6.07) is 9.54. The van der Waals surface area contributed by atoms with Gasteiger partial charge in [0.05, 0.1) is 18.1 Å². The molecule has 1 saturated heterocycles. The van der Waals surface area contributed by atoms with Crippen LogP contribution < -0.4 is 0 Å². The molecule has 116 valence electrons. The number of nitrogens with zero attached hydrogens (tertiary/aromatic N) is 3. The Balaban J connectivity index is 1.56. The maximum absolute atomic E-state index is 12.7. The van der Waals surface area contributed by atoms with Crippen molar-refractivity contribution in [1.82, 2.24) is 14.1 Å². The molecule has 6 heteroatoms. The average Bonchev–Trinajstić information content (AvgIpc) is 3.16. The summed E-state index contributed by atoms with van der Waals surface area (Å²) in [7, 11) is -3.40. The van der Waals surface area contributed by atoms with Crippen LogP contribution in [0.15, 0.2) is 47.6 Å². The number of hydrogen-bond donors (Lipinski definition) is 0. The summed E-state index contributed by atoms with van der Waals surface area (Å²) in [6.45, 7) is 1.34. The van der Waals surface area contributed by atoms with E-state index in [1.807, 2.05) is 30.3 Å². The van der Waals surface area contributed by atoms with Gasteiger partial charge in [0.1, 0.15) is 4.90 Å². The molecule has 2 aliphatic rings. The first-order valence-electron chi connectivity index (χ1n) is 7.69. The summed E-state index contributed by atoms with van der Waals surface area (Å²) >= 11 is 0. The van der Waals surface area contributed by atoms with Gasteiger partial charge in [0, 0.05) is 13.1 Å². The Bertz CT molecular complexity index is 769. The van der Waals surface area contributed by atoms with Crippen LogP contribution >= 0.6 is 0 Å². The van der Waals surface area contributed by atoms with Crippen molar-refractivity contribution in [3.05, 3.63) is 42.7 Å². The third-order valence-electron chi connectivity index (χ3n) is 4.91. The Morgan fingerprint density at radius 3 is 2.41 bits per heavy atom. The van der Waals surface area contributed by atoms with E-state index in [4.69, 9.17) is 0 Å². The summed E-state index contributed by atoms with van der Waals surface area (Å²) in [5, 5.41) is 4.19. The van der Waals surface area contributed by atoms with Gasteiger partial charge in [-0.3, -0.25) is 0 Å². The maximum Gasteiger partial charge on any atom is 0.246 e. The zero-order chi connectivity index (χ0) is 15.2. The third-order valence-corrected chi connectivity index (χ3v) is 6.65. The van der Waals surface area contributed by atoms with E-state index < -0.39 is 10.0 Å². The molecule has 0 N–H and O–H groups in total. The quantitative estimate of drug-likeness (QED) is 0.873. The molecule has 1 aromatic carbocycles. The second kappa shape index (κ2) is 4.93. The van der Waals surface area contributed by atoms with Crippen molar-refractivity contribution in [2.24, 2.45) is 5.41 Å². The average molecular weight is 317 g/mol. The lowest BCUT2D eigenvalue weighted by Gasteiger charge is -2.46. The lowest BCUT2D eigenvalue weighted by atomic mass is 9.80. The topological polar surface area (TPSA) is 55.2 Å². The molecular weight excluding hydrogens is 298 g/mol. The van der Waals surface area contributed by atoms with Crippen LogP contribution in [0.2, 0.25) is 0 Å². The van der Waals surface area contributed by atoms with E-state index in [0.29, 0.717) is 13.1 Å². The highest BCUT2D eigenvalue weighted by Gasteiger charge is 2.49. The molecule has 1 spiro atoms. The van der Waals surface area contributed by atoms with Crippen molar-refractivity contribution < 1.29 is 8.42 Å². The van der Waals surface area contributed by atoms with E-state index in [1.54, 1.807) is 15.2 Å². The normalized spacial score (nSPS) is 21.1. The standard InChI is InChI=1S/C16H19N3O2S/c20-22(21,18-12-16(13-18)8-4-5-9-16)15-10-17-19(11-15)14-6-2-1-3-7-14/h1-3,6-7,10-11H,4-5,8-9,12-13H2. The number of sulfonamides is 1. The number of rotatable bonds is 3. The summed E-state index contributed by atoms with van der Waals surface area (Å²) in [6.07, 6.45) is 7.86. The summed E-state index contributed by atoms with van der Waals surface area (Å²) in [5.74, 6) is 0. The predicted octanol–water partition coefficient (Wildman–Crippen LogP) is 2.44. The molecule has 1 aliphatic heterocycles. The molecule has 2 aromatic rings. The molecule has 0 unspecified atom stereocenters. The van der Waals surface area contributed by atoms with E-state index in [1.165, 1.54) is 31.9 Å². The molecule has 0 amide bonds. The molecule has 0 atom stereocenters. The van der Waals surface area contributed by atoms with Gasteiger partial charge in [0.15, 0.2) is 0 Å². The molecule has 0 bridgehead atoms. The summed E-state index contributed by atoms with van der Waals surface area (Å²) in [5.41, 5.74) is 1.13. The molecule has 0 radical (unpaired) electrons. The highest BCUT2D eigenvalue weighted by atomic mass is 32.2. The summed E-state index contributed by atoms with van der Waals surface area (Å²) < 4.78 is 28.6. The number of para-hydroxylation sites is 1. The lowest BCUT2D eigenvalue weighted by Crippen LogP contribution is -2.56. The molecule has 22 heavy (non-hydrogen) atoms.